The van der Waals surface area contributed by atoms with Crippen LogP contribution in [-0.4, -0.2) is 20.1 Å². The van der Waals surface area contributed by atoms with Gasteiger partial charge in [0.15, 0.2) is 0 Å². The third kappa shape index (κ3) is 4.27. The molecular weight excluding hydrogens is 298 g/mol. The van der Waals surface area contributed by atoms with Crippen LogP contribution in [0, 0.1) is 6.92 Å². The van der Waals surface area contributed by atoms with Crippen LogP contribution in [0.4, 0.5) is 0 Å². The largest absolute Gasteiger partial charge is 0.392 e. The van der Waals surface area contributed by atoms with Crippen LogP contribution in [0.5, 0.6) is 0 Å². The maximum absolute atomic E-state index is 12.3. The molecule has 0 atom stereocenters. The zero-order valence-corrected chi connectivity index (χ0v) is 13.2. The molecule has 2 rings (SSSR count). The van der Waals surface area contributed by atoms with Crippen LogP contribution in [0.15, 0.2) is 59.5 Å². The lowest BCUT2D eigenvalue weighted by Crippen LogP contribution is -2.23. The van der Waals surface area contributed by atoms with E-state index in [1.165, 1.54) is 0 Å². The van der Waals surface area contributed by atoms with Gasteiger partial charge in [0, 0.05) is 6.54 Å². The van der Waals surface area contributed by atoms with Crippen molar-refractivity contribution < 1.29 is 13.5 Å². The van der Waals surface area contributed by atoms with Gasteiger partial charge in [-0.3, -0.25) is 0 Å². The molecule has 0 saturated carbocycles. The second-order valence-electron chi connectivity index (χ2n) is 4.92. The minimum atomic E-state index is -3.54. The van der Waals surface area contributed by atoms with Crippen molar-refractivity contribution in [2.24, 2.45) is 0 Å². The van der Waals surface area contributed by atoms with Gasteiger partial charge < -0.3 is 5.11 Å². The number of hydrogen-bond acceptors (Lipinski definition) is 3. The van der Waals surface area contributed by atoms with Crippen molar-refractivity contribution in [1.29, 1.82) is 0 Å². The molecule has 0 aliphatic heterocycles. The van der Waals surface area contributed by atoms with Gasteiger partial charge in [0.1, 0.15) is 0 Å². The van der Waals surface area contributed by atoms with Crippen LogP contribution < -0.4 is 4.72 Å². The fourth-order valence-corrected chi connectivity index (χ4v) is 3.02. The first-order valence-electron chi connectivity index (χ1n) is 6.94. The van der Waals surface area contributed by atoms with Crippen molar-refractivity contribution in [1.82, 2.24) is 4.72 Å². The smallest absolute Gasteiger partial charge is 0.240 e. The number of sulfonamides is 1. The molecule has 5 heteroatoms. The molecule has 0 aliphatic rings. The standard InChI is InChI=1S/C17H19NO3S/c1-14-8-10-17(11-9-14)22(20,21)18-13-16-6-3-2-5-15(16)7-4-12-19/h2-11,18-19H,12-13H2,1H3/b7-4+. The van der Waals surface area contributed by atoms with Crippen LogP contribution in [0.25, 0.3) is 6.08 Å². The lowest BCUT2D eigenvalue weighted by molar-refractivity contribution is 0.343. The molecule has 116 valence electrons. The summed E-state index contributed by atoms with van der Waals surface area (Å²) in [5.74, 6) is 0. The van der Waals surface area contributed by atoms with E-state index in [1.807, 2.05) is 31.2 Å². The summed E-state index contributed by atoms with van der Waals surface area (Å²) in [6, 6.07) is 14.2. The first kappa shape index (κ1) is 16.4. The Hall–Kier alpha value is -1.95. The fraction of sp³-hybridized carbons (Fsp3) is 0.176. The van der Waals surface area contributed by atoms with Gasteiger partial charge in [0.2, 0.25) is 10.0 Å². The zero-order valence-electron chi connectivity index (χ0n) is 12.4. The normalized spacial score (nSPS) is 11.9. The van der Waals surface area contributed by atoms with Gasteiger partial charge in [-0.1, -0.05) is 54.1 Å². The Balaban J connectivity index is 2.16. The SMILES string of the molecule is Cc1ccc(S(=O)(=O)NCc2ccccc2/C=C/CO)cc1. The van der Waals surface area contributed by atoms with E-state index in [2.05, 4.69) is 4.72 Å². The van der Waals surface area contributed by atoms with E-state index < -0.39 is 10.0 Å². The number of hydrogen-bond donors (Lipinski definition) is 2. The third-order valence-corrected chi connectivity index (χ3v) is 4.66. The van der Waals surface area contributed by atoms with Crippen LogP contribution in [0.3, 0.4) is 0 Å². The number of aliphatic hydroxyl groups is 1. The van der Waals surface area contributed by atoms with E-state index >= 15 is 0 Å². The van der Waals surface area contributed by atoms with E-state index in [1.54, 1.807) is 36.4 Å². The Morgan fingerprint density at radius 3 is 2.45 bits per heavy atom. The van der Waals surface area contributed by atoms with E-state index in [4.69, 9.17) is 5.11 Å². The monoisotopic (exact) mass is 317 g/mol. The van der Waals surface area contributed by atoms with Gasteiger partial charge >= 0.3 is 0 Å². The van der Waals surface area contributed by atoms with E-state index in [9.17, 15) is 8.42 Å². The number of aryl methyl sites for hydroxylation is 1. The maximum Gasteiger partial charge on any atom is 0.240 e. The van der Waals surface area contributed by atoms with Crippen LogP contribution in [0.2, 0.25) is 0 Å². The summed E-state index contributed by atoms with van der Waals surface area (Å²) in [6.07, 6.45) is 3.39. The maximum atomic E-state index is 12.3. The zero-order chi connectivity index (χ0) is 16.0. The van der Waals surface area contributed by atoms with Gasteiger partial charge in [-0.05, 0) is 30.2 Å². The summed E-state index contributed by atoms with van der Waals surface area (Å²) in [5.41, 5.74) is 2.74. The quantitative estimate of drug-likeness (QED) is 0.860. The van der Waals surface area contributed by atoms with Crippen molar-refractivity contribution in [2.45, 2.75) is 18.4 Å². The Labute approximate surface area is 131 Å². The van der Waals surface area contributed by atoms with Crippen molar-refractivity contribution in [3.05, 3.63) is 71.3 Å². The Kier molecular flexibility index (Phi) is 5.49. The molecule has 0 bridgehead atoms. The molecule has 0 amide bonds. The Morgan fingerprint density at radius 1 is 1.09 bits per heavy atom. The molecule has 2 N–H and O–H groups in total. The molecule has 0 fully saturated rings. The molecule has 4 nitrogen and oxygen atoms in total. The highest BCUT2D eigenvalue weighted by molar-refractivity contribution is 7.89. The summed E-state index contributed by atoms with van der Waals surface area (Å²) in [4.78, 5) is 0.251. The summed E-state index contributed by atoms with van der Waals surface area (Å²) in [5, 5.41) is 8.85. The minimum Gasteiger partial charge on any atom is -0.392 e. The van der Waals surface area contributed by atoms with Crippen LogP contribution in [0.1, 0.15) is 16.7 Å². The molecule has 0 spiro atoms. The highest BCUT2D eigenvalue weighted by atomic mass is 32.2. The van der Waals surface area contributed by atoms with Gasteiger partial charge in [-0.15, -0.1) is 0 Å². The molecule has 0 aliphatic carbocycles. The van der Waals surface area contributed by atoms with Crippen molar-refractivity contribution in [2.75, 3.05) is 6.61 Å². The average molecular weight is 317 g/mol. The summed E-state index contributed by atoms with van der Waals surface area (Å²) < 4.78 is 27.1. The molecule has 0 heterocycles. The number of nitrogens with one attached hydrogen (secondary N) is 1. The lowest BCUT2D eigenvalue weighted by atomic mass is 10.1. The Morgan fingerprint density at radius 2 is 1.77 bits per heavy atom. The molecule has 0 unspecified atom stereocenters. The highest BCUT2D eigenvalue weighted by Crippen LogP contribution is 2.14. The van der Waals surface area contributed by atoms with Gasteiger partial charge in [-0.2, -0.15) is 0 Å². The van der Waals surface area contributed by atoms with Gasteiger partial charge in [0.25, 0.3) is 0 Å². The second-order valence-corrected chi connectivity index (χ2v) is 6.69. The van der Waals surface area contributed by atoms with Gasteiger partial charge in [-0.25, -0.2) is 13.1 Å². The summed E-state index contributed by atoms with van der Waals surface area (Å²) in [6.45, 7) is 2.05. The topological polar surface area (TPSA) is 66.4 Å². The molecule has 22 heavy (non-hydrogen) atoms. The van der Waals surface area contributed by atoms with Crippen molar-refractivity contribution in [3.8, 4) is 0 Å². The molecular formula is C17H19NO3S. The predicted octanol–water partition coefficient (Wildman–Crippen LogP) is 2.48. The molecule has 0 radical (unpaired) electrons. The number of aliphatic hydroxyl groups excluding tert-OH is 1. The van der Waals surface area contributed by atoms with E-state index in [0.717, 1.165) is 16.7 Å². The van der Waals surface area contributed by atoms with E-state index in [-0.39, 0.29) is 18.0 Å². The van der Waals surface area contributed by atoms with Crippen LogP contribution in [-0.2, 0) is 16.6 Å². The second kappa shape index (κ2) is 7.35. The highest BCUT2D eigenvalue weighted by Gasteiger charge is 2.13. The first-order valence-corrected chi connectivity index (χ1v) is 8.43. The molecule has 2 aromatic carbocycles. The molecule has 2 aromatic rings. The van der Waals surface area contributed by atoms with Crippen molar-refractivity contribution in [3.63, 3.8) is 0 Å². The number of benzene rings is 2. The summed E-state index contributed by atoms with van der Waals surface area (Å²) in [7, 11) is -3.54. The summed E-state index contributed by atoms with van der Waals surface area (Å²) >= 11 is 0. The Bertz CT molecular complexity index is 750. The van der Waals surface area contributed by atoms with Gasteiger partial charge in [0.05, 0.1) is 11.5 Å². The lowest BCUT2D eigenvalue weighted by Gasteiger charge is -2.09. The molecule has 0 aromatic heterocycles. The first-order chi connectivity index (χ1) is 10.5. The van der Waals surface area contributed by atoms with E-state index in [0.29, 0.717) is 0 Å². The number of rotatable bonds is 6. The minimum absolute atomic E-state index is 0.0522. The van der Waals surface area contributed by atoms with Crippen molar-refractivity contribution >= 4 is 16.1 Å². The van der Waals surface area contributed by atoms with Crippen LogP contribution >= 0.6 is 0 Å². The fourth-order valence-electron chi connectivity index (χ4n) is 2.01. The average Bonchev–Trinajstić information content (AvgIpc) is 2.52. The third-order valence-electron chi connectivity index (χ3n) is 3.24. The predicted molar refractivity (Wildman–Crippen MR) is 87.8 cm³/mol. The molecule has 0 saturated heterocycles.